The number of rotatable bonds is 2. The van der Waals surface area contributed by atoms with Crippen LogP contribution in [0.25, 0.3) is 0 Å². The average molecular weight is 210 g/mol. The van der Waals surface area contributed by atoms with Gasteiger partial charge in [0.1, 0.15) is 0 Å². The minimum Gasteiger partial charge on any atom is -0.309 e. The molecule has 1 aliphatic rings. The molecule has 1 unspecified atom stereocenters. The van der Waals surface area contributed by atoms with Crippen LogP contribution in [-0.2, 0) is 6.42 Å². The molecule has 0 bridgehead atoms. The van der Waals surface area contributed by atoms with Crippen molar-refractivity contribution in [1.29, 1.82) is 0 Å². The van der Waals surface area contributed by atoms with Crippen LogP contribution in [-0.4, -0.2) is 11.5 Å². The first kappa shape index (κ1) is 10.1. The normalized spacial score (nSPS) is 24.6. The van der Waals surface area contributed by atoms with Crippen molar-refractivity contribution in [2.24, 2.45) is 5.41 Å². The Balaban J connectivity index is 2.28. The fourth-order valence-electron chi connectivity index (χ4n) is 2.28. The molecule has 78 valence electrons. The van der Waals surface area contributed by atoms with E-state index in [1.54, 1.807) is 11.3 Å². The summed E-state index contributed by atoms with van der Waals surface area (Å²) in [5.41, 5.74) is 3.70. The van der Waals surface area contributed by atoms with Crippen molar-refractivity contribution in [2.75, 3.05) is 6.54 Å². The third-order valence-corrected chi connectivity index (χ3v) is 3.83. The van der Waals surface area contributed by atoms with E-state index in [0.29, 0.717) is 11.5 Å². The summed E-state index contributed by atoms with van der Waals surface area (Å²) in [6.07, 6.45) is 2.36. The SMILES string of the molecule is CCNC1CC(C)(C)Cc2ncsc21. The van der Waals surface area contributed by atoms with Crippen molar-refractivity contribution in [3.63, 3.8) is 0 Å². The zero-order valence-electron chi connectivity index (χ0n) is 9.13. The molecule has 0 saturated heterocycles. The first-order valence-corrected chi connectivity index (χ1v) is 6.16. The van der Waals surface area contributed by atoms with E-state index in [9.17, 15) is 0 Å². The molecule has 3 heteroatoms. The number of nitrogens with one attached hydrogen (secondary N) is 1. The fourth-order valence-corrected chi connectivity index (χ4v) is 3.16. The van der Waals surface area contributed by atoms with E-state index in [0.717, 1.165) is 13.0 Å². The number of hydrogen-bond donors (Lipinski definition) is 1. The standard InChI is InChI=1S/C11H18N2S/c1-4-12-8-5-11(2,3)6-9-10(8)14-7-13-9/h7-8,12H,4-6H2,1-3H3. The van der Waals surface area contributed by atoms with E-state index >= 15 is 0 Å². The summed E-state index contributed by atoms with van der Waals surface area (Å²) in [5, 5.41) is 3.55. The predicted octanol–water partition coefficient (Wildman–Crippen LogP) is 2.77. The number of aromatic nitrogens is 1. The molecule has 1 aromatic rings. The van der Waals surface area contributed by atoms with Gasteiger partial charge < -0.3 is 5.32 Å². The summed E-state index contributed by atoms with van der Waals surface area (Å²) < 4.78 is 0. The lowest BCUT2D eigenvalue weighted by atomic mass is 9.76. The Morgan fingerprint density at radius 3 is 3.14 bits per heavy atom. The van der Waals surface area contributed by atoms with Gasteiger partial charge in [-0.2, -0.15) is 0 Å². The third kappa shape index (κ3) is 1.84. The second-order valence-electron chi connectivity index (χ2n) is 4.82. The molecule has 2 nitrogen and oxygen atoms in total. The highest BCUT2D eigenvalue weighted by Gasteiger charge is 2.33. The van der Waals surface area contributed by atoms with Gasteiger partial charge in [0, 0.05) is 10.9 Å². The Bertz CT molecular complexity index is 317. The highest BCUT2D eigenvalue weighted by Crippen LogP contribution is 2.41. The summed E-state index contributed by atoms with van der Waals surface area (Å²) >= 11 is 1.80. The van der Waals surface area contributed by atoms with Crippen LogP contribution in [0.5, 0.6) is 0 Å². The van der Waals surface area contributed by atoms with Gasteiger partial charge in [-0.05, 0) is 24.8 Å². The number of nitrogens with zero attached hydrogens (tertiary/aromatic N) is 1. The Morgan fingerprint density at radius 1 is 1.64 bits per heavy atom. The van der Waals surface area contributed by atoms with E-state index in [1.807, 2.05) is 5.51 Å². The molecular formula is C11H18N2S. The maximum atomic E-state index is 4.46. The van der Waals surface area contributed by atoms with Crippen molar-refractivity contribution < 1.29 is 0 Å². The van der Waals surface area contributed by atoms with Gasteiger partial charge in [0.25, 0.3) is 0 Å². The topological polar surface area (TPSA) is 24.9 Å². The van der Waals surface area contributed by atoms with E-state index in [4.69, 9.17) is 0 Å². The maximum Gasteiger partial charge on any atom is 0.0798 e. The van der Waals surface area contributed by atoms with Gasteiger partial charge in [-0.3, -0.25) is 0 Å². The van der Waals surface area contributed by atoms with Crippen LogP contribution < -0.4 is 5.32 Å². The monoisotopic (exact) mass is 210 g/mol. The van der Waals surface area contributed by atoms with Gasteiger partial charge in [0.05, 0.1) is 11.2 Å². The molecule has 2 rings (SSSR count). The van der Waals surface area contributed by atoms with Gasteiger partial charge in [-0.15, -0.1) is 11.3 Å². The van der Waals surface area contributed by atoms with Gasteiger partial charge in [0.15, 0.2) is 0 Å². The molecule has 0 fully saturated rings. The van der Waals surface area contributed by atoms with E-state index < -0.39 is 0 Å². The quantitative estimate of drug-likeness (QED) is 0.812. The Morgan fingerprint density at radius 2 is 2.43 bits per heavy atom. The van der Waals surface area contributed by atoms with Crippen LogP contribution in [0.4, 0.5) is 0 Å². The van der Waals surface area contributed by atoms with Crippen LogP contribution in [0.15, 0.2) is 5.51 Å². The van der Waals surface area contributed by atoms with E-state index in [-0.39, 0.29) is 0 Å². The van der Waals surface area contributed by atoms with Crippen molar-refractivity contribution in [3.8, 4) is 0 Å². The van der Waals surface area contributed by atoms with Crippen molar-refractivity contribution in [1.82, 2.24) is 10.3 Å². The zero-order chi connectivity index (χ0) is 10.2. The molecule has 1 aromatic heterocycles. The van der Waals surface area contributed by atoms with Crippen LogP contribution >= 0.6 is 11.3 Å². The highest BCUT2D eigenvalue weighted by molar-refractivity contribution is 7.09. The zero-order valence-corrected chi connectivity index (χ0v) is 9.95. The summed E-state index contributed by atoms with van der Waals surface area (Å²) in [6, 6.07) is 0.534. The molecule has 0 aromatic carbocycles. The number of fused-ring (bicyclic) bond motifs is 1. The fraction of sp³-hybridized carbons (Fsp3) is 0.727. The summed E-state index contributed by atoms with van der Waals surface area (Å²) in [5.74, 6) is 0. The Kier molecular flexibility index (Phi) is 2.62. The predicted molar refractivity (Wildman–Crippen MR) is 60.6 cm³/mol. The Hall–Kier alpha value is -0.410. The molecule has 14 heavy (non-hydrogen) atoms. The van der Waals surface area contributed by atoms with Crippen LogP contribution in [0.2, 0.25) is 0 Å². The summed E-state index contributed by atoms with van der Waals surface area (Å²) in [7, 11) is 0. The molecule has 0 saturated carbocycles. The van der Waals surface area contributed by atoms with Gasteiger partial charge in [0.2, 0.25) is 0 Å². The average Bonchev–Trinajstić information content (AvgIpc) is 2.50. The molecule has 0 radical (unpaired) electrons. The van der Waals surface area contributed by atoms with Gasteiger partial charge in [-0.1, -0.05) is 20.8 Å². The van der Waals surface area contributed by atoms with Crippen LogP contribution in [0.1, 0.15) is 43.8 Å². The minimum absolute atomic E-state index is 0.397. The van der Waals surface area contributed by atoms with Crippen molar-refractivity contribution in [3.05, 3.63) is 16.1 Å². The van der Waals surface area contributed by atoms with Gasteiger partial charge >= 0.3 is 0 Å². The Labute approximate surface area is 89.8 Å². The molecule has 1 atom stereocenters. The first-order chi connectivity index (χ1) is 6.62. The number of hydrogen-bond acceptors (Lipinski definition) is 3. The molecule has 1 heterocycles. The van der Waals surface area contributed by atoms with Crippen molar-refractivity contribution in [2.45, 2.75) is 39.7 Å². The highest BCUT2D eigenvalue weighted by atomic mass is 32.1. The molecule has 1 aliphatic carbocycles. The first-order valence-electron chi connectivity index (χ1n) is 5.28. The third-order valence-electron chi connectivity index (χ3n) is 2.84. The van der Waals surface area contributed by atoms with E-state index in [2.05, 4.69) is 31.1 Å². The molecule has 1 N–H and O–H groups in total. The molecule has 0 amide bonds. The van der Waals surface area contributed by atoms with Crippen LogP contribution in [0.3, 0.4) is 0 Å². The summed E-state index contributed by atoms with van der Waals surface area (Å²) in [4.78, 5) is 5.93. The second-order valence-corrected chi connectivity index (χ2v) is 5.71. The summed E-state index contributed by atoms with van der Waals surface area (Å²) in [6.45, 7) is 7.87. The molecular weight excluding hydrogens is 192 g/mol. The van der Waals surface area contributed by atoms with Crippen LogP contribution in [0, 0.1) is 5.41 Å². The number of thiazole rings is 1. The lowest BCUT2D eigenvalue weighted by Crippen LogP contribution is -2.32. The molecule has 0 spiro atoms. The maximum absolute atomic E-state index is 4.46. The van der Waals surface area contributed by atoms with E-state index in [1.165, 1.54) is 17.0 Å². The largest absolute Gasteiger partial charge is 0.309 e. The lowest BCUT2D eigenvalue weighted by molar-refractivity contribution is 0.260. The minimum atomic E-state index is 0.397. The smallest absolute Gasteiger partial charge is 0.0798 e. The second kappa shape index (κ2) is 3.63. The van der Waals surface area contributed by atoms with Crippen molar-refractivity contribution >= 4 is 11.3 Å². The lowest BCUT2D eigenvalue weighted by Gasteiger charge is -2.34. The van der Waals surface area contributed by atoms with Gasteiger partial charge in [-0.25, -0.2) is 4.98 Å². The molecule has 0 aliphatic heterocycles.